The van der Waals surface area contributed by atoms with Crippen LogP contribution in [0.25, 0.3) is 6.08 Å². The van der Waals surface area contributed by atoms with Crippen LogP contribution in [-0.4, -0.2) is 21.6 Å². The molecule has 1 N–H and O–H groups in total. The zero-order valence-electron chi connectivity index (χ0n) is 13.0. The van der Waals surface area contributed by atoms with Crippen LogP contribution in [0, 0.1) is 0 Å². The number of halogens is 1. The van der Waals surface area contributed by atoms with Crippen LogP contribution in [0.3, 0.4) is 0 Å². The van der Waals surface area contributed by atoms with E-state index in [1.54, 1.807) is 30.3 Å². The first-order valence-corrected chi connectivity index (χ1v) is 9.57. The fourth-order valence-corrected chi connectivity index (χ4v) is 3.90. The minimum atomic E-state index is -3.48. The highest BCUT2D eigenvalue weighted by molar-refractivity contribution is 7.93. The molecule has 126 valence electrons. The maximum Gasteiger partial charge on any atom is 0.236 e. The minimum Gasteiger partial charge on any atom is -0.492 e. The van der Waals surface area contributed by atoms with Crippen molar-refractivity contribution in [1.29, 1.82) is 0 Å². The molecule has 0 bridgehead atoms. The van der Waals surface area contributed by atoms with Crippen LogP contribution in [-0.2, 0) is 16.4 Å². The van der Waals surface area contributed by atoms with Crippen LogP contribution in [0.4, 0.5) is 0 Å². The van der Waals surface area contributed by atoms with Crippen LogP contribution < -0.4 is 9.46 Å². The first-order valence-electron chi connectivity index (χ1n) is 7.71. The Hall–Kier alpha value is -1.82. The Kier molecular flexibility index (Phi) is 5.23. The first kappa shape index (κ1) is 17.0. The van der Waals surface area contributed by atoms with Gasteiger partial charge in [-0.3, -0.25) is 0 Å². The Morgan fingerprint density at radius 3 is 2.58 bits per heavy atom. The lowest BCUT2D eigenvalue weighted by Gasteiger charge is -2.17. The number of allylic oxidation sites excluding steroid dienone is 1. The Morgan fingerprint density at radius 2 is 1.79 bits per heavy atom. The average molecular weight is 364 g/mol. The third-order valence-corrected chi connectivity index (χ3v) is 5.68. The molecule has 24 heavy (non-hydrogen) atoms. The van der Waals surface area contributed by atoms with E-state index in [1.165, 1.54) is 5.56 Å². The van der Waals surface area contributed by atoms with Crippen molar-refractivity contribution >= 4 is 27.7 Å². The molecular formula is C18H18ClNO3S. The highest BCUT2D eigenvalue weighted by Crippen LogP contribution is 2.26. The average Bonchev–Trinajstić information content (AvgIpc) is 2.60. The van der Waals surface area contributed by atoms with E-state index in [9.17, 15) is 8.42 Å². The van der Waals surface area contributed by atoms with E-state index in [0.29, 0.717) is 22.1 Å². The Balaban J connectivity index is 1.57. The highest BCUT2D eigenvalue weighted by atomic mass is 35.5. The second-order valence-corrected chi connectivity index (χ2v) is 7.77. The van der Waals surface area contributed by atoms with Gasteiger partial charge in [-0.05, 0) is 54.3 Å². The summed E-state index contributed by atoms with van der Waals surface area (Å²) in [5.74, 6) is 0.657. The van der Waals surface area contributed by atoms with Gasteiger partial charge in [0.1, 0.15) is 12.4 Å². The van der Waals surface area contributed by atoms with Gasteiger partial charge in [0, 0.05) is 11.6 Å². The second-order valence-electron chi connectivity index (χ2n) is 5.51. The second kappa shape index (κ2) is 7.38. The lowest BCUT2D eigenvalue weighted by molar-refractivity contribution is 0.323. The Morgan fingerprint density at radius 1 is 1.04 bits per heavy atom. The molecule has 3 rings (SSSR count). The van der Waals surface area contributed by atoms with Crippen molar-refractivity contribution < 1.29 is 13.2 Å². The summed E-state index contributed by atoms with van der Waals surface area (Å²) >= 11 is 5.80. The molecule has 4 nitrogen and oxygen atoms in total. The number of nitrogens with one attached hydrogen (secondary N) is 1. The third-order valence-electron chi connectivity index (χ3n) is 3.83. The predicted molar refractivity (Wildman–Crippen MR) is 96.6 cm³/mol. The summed E-state index contributed by atoms with van der Waals surface area (Å²) in [6, 6.07) is 14.8. The van der Waals surface area contributed by atoms with Crippen LogP contribution in [0.5, 0.6) is 5.75 Å². The monoisotopic (exact) mass is 363 g/mol. The quantitative estimate of drug-likeness (QED) is 0.797. The first-order chi connectivity index (χ1) is 11.5. The number of rotatable bonds is 6. The van der Waals surface area contributed by atoms with Crippen molar-refractivity contribution in [1.82, 2.24) is 4.72 Å². The van der Waals surface area contributed by atoms with Crippen molar-refractivity contribution in [3.05, 3.63) is 69.6 Å². The van der Waals surface area contributed by atoms with Crippen molar-refractivity contribution in [2.45, 2.75) is 12.8 Å². The van der Waals surface area contributed by atoms with E-state index in [2.05, 4.69) is 4.72 Å². The zero-order chi connectivity index (χ0) is 17.0. The van der Waals surface area contributed by atoms with Gasteiger partial charge in [0.25, 0.3) is 0 Å². The molecule has 0 saturated carbocycles. The SMILES string of the molecule is O=S(=O)(NCCOc1ccc(Cl)cc1)C1=Cc2ccccc2CC1. The molecule has 0 unspecified atom stereocenters. The van der Waals surface area contributed by atoms with E-state index >= 15 is 0 Å². The molecule has 0 radical (unpaired) electrons. The highest BCUT2D eigenvalue weighted by Gasteiger charge is 2.21. The largest absolute Gasteiger partial charge is 0.492 e. The number of hydrogen-bond acceptors (Lipinski definition) is 3. The molecule has 2 aromatic carbocycles. The summed E-state index contributed by atoms with van der Waals surface area (Å²) in [7, 11) is -3.48. The van der Waals surface area contributed by atoms with Crippen LogP contribution >= 0.6 is 11.6 Å². The van der Waals surface area contributed by atoms with Gasteiger partial charge < -0.3 is 4.74 Å². The number of aryl methyl sites for hydroxylation is 1. The van der Waals surface area contributed by atoms with E-state index < -0.39 is 10.0 Å². The minimum absolute atomic E-state index is 0.212. The molecule has 0 saturated heterocycles. The standard InChI is InChI=1S/C18H18ClNO3S/c19-16-6-8-17(9-7-16)23-12-11-20-24(21,22)18-10-5-14-3-1-2-4-15(14)13-18/h1-4,6-9,13,20H,5,10-12H2. The molecule has 0 fully saturated rings. The summed E-state index contributed by atoms with van der Waals surface area (Å²) in [5, 5.41) is 0.632. The fraction of sp³-hybridized carbons (Fsp3) is 0.222. The van der Waals surface area contributed by atoms with Gasteiger partial charge >= 0.3 is 0 Å². The van der Waals surface area contributed by atoms with E-state index in [1.807, 2.05) is 24.3 Å². The lowest BCUT2D eigenvalue weighted by Crippen LogP contribution is -2.30. The zero-order valence-corrected chi connectivity index (χ0v) is 14.6. The molecule has 2 aromatic rings. The van der Waals surface area contributed by atoms with Gasteiger partial charge in [0.2, 0.25) is 10.0 Å². The molecule has 1 aliphatic carbocycles. The number of benzene rings is 2. The number of ether oxygens (including phenoxy) is 1. The molecule has 0 aromatic heterocycles. The van der Waals surface area contributed by atoms with Gasteiger partial charge in [-0.2, -0.15) is 0 Å². The number of hydrogen-bond donors (Lipinski definition) is 1. The molecule has 0 aliphatic heterocycles. The topological polar surface area (TPSA) is 55.4 Å². The summed E-state index contributed by atoms with van der Waals surface area (Å²) in [6.07, 6.45) is 3.01. The molecule has 0 amide bonds. The van der Waals surface area contributed by atoms with Crippen molar-refractivity contribution in [3.8, 4) is 5.75 Å². The van der Waals surface area contributed by atoms with Gasteiger partial charge in [-0.1, -0.05) is 35.9 Å². The maximum absolute atomic E-state index is 12.4. The normalized spacial score (nSPS) is 14.0. The van der Waals surface area contributed by atoms with E-state index in [0.717, 1.165) is 12.0 Å². The van der Waals surface area contributed by atoms with Gasteiger partial charge in [-0.15, -0.1) is 0 Å². The summed E-state index contributed by atoms with van der Waals surface area (Å²) in [6.45, 7) is 0.467. The molecular weight excluding hydrogens is 346 g/mol. The number of fused-ring (bicyclic) bond motifs is 1. The third kappa shape index (κ3) is 4.17. The summed E-state index contributed by atoms with van der Waals surface area (Å²) < 4.78 is 32.9. The summed E-state index contributed by atoms with van der Waals surface area (Å²) in [4.78, 5) is 0.424. The Bertz CT molecular complexity index is 845. The Labute approximate surface area is 147 Å². The van der Waals surface area contributed by atoms with E-state index in [4.69, 9.17) is 16.3 Å². The van der Waals surface area contributed by atoms with Crippen molar-refractivity contribution in [3.63, 3.8) is 0 Å². The van der Waals surface area contributed by atoms with Crippen LogP contribution in [0.15, 0.2) is 53.4 Å². The fourth-order valence-electron chi connectivity index (χ4n) is 2.59. The van der Waals surface area contributed by atoms with Gasteiger partial charge in [-0.25, -0.2) is 13.1 Å². The smallest absolute Gasteiger partial charge is 0.236 e. The van der Waals surface area contributed by atoms with Crippen molar-refractivity contribution in [2.75, 3.05) is 13.2 Å². The molecule has 6 heteroatoms. The van der Waals surface area contributed by atoms with Gasteiger partial charge in [0.05, 0.1) is 4.91 Å². The van der Waals surface area contributed by atoms with Crippen LogP contribution in [0.1, 0.15) is 17.5 Å². The van der Waals surface area contributed by atoms with Crippen LogP contribution in [0.2, 0.25) is 5.02 Å². The molecule has 0 heterocycles. The van der Waals surface area contributed by atoms with Crippen molar-refractivity contribution in [2.24, 2.45) is 0 Å². The molecule has 0 atom stereocenters. The molecule has 1 aliphatic rings. The van der Waals surface area contributed by atoms with E-state index in [-0.39, 0.29) is 13.2 Å². The molecule has 0 spiro atoms. The lowest BCUT2D eigenvalue weighted by atomic mass is 9.98. The van der Waals surface area contributed by atoms with Gasteiger partial charge in [0.15, 0.2) is 0 Å². The maximum atomic E-state index is 12.4. The summed E-state index contributed by atoms with van der Waals surface area (Å²) in [5.41, 5.74) is 2.16. The number of sulfonamides is 1. The predicted octanol–water partition coefficient (Wildman–Crippen LogP) is 3.63.